The van der Waals surface area contributed by atoms with Crippen LogP contribution >= 0.6 is 11.6 Å². The average molecular weight is 396 g/mol. The highest BCUT2D eigenvalue weighted by Gasteiger charge is 2.32. The van der Waals surface area contributed by atoms with E-state index in [1.165, 1.54) is 16.4 Å². The van der Waals surface area contributed by atoms with Gasteiger partial charge in [0.05, 0.1) is 28.4 Å². The van der Waals surface area contributed by atoms with Gasteiger partial charge in [0.1, 0.15) is 0 Å². The van der Waals surface area contributed by atoms with Crippen LogP contribution in [0.15, 0.2) is 65.8 Å². The Hall–Kier alpha value is -2.88. The topological polar surface area (TPSA) is 74.1 Å². The van der Waals surface area contributed by atoms with Crippen molar-refractivity contribution in [2.24, 2.45) is 0 Å². The molecule has 2 heterocycles. The summed E-state index contributed by atoms with van der Waals surface area (Å²) in [6.07, 6.45) is 3.90. The number of fused-ring (bicyclic) bond motifs is 1. The van der Waals surface area contributed by atoms with Gasteiger partial charge in [-0.3, -0.25) is 9.29 Å². The number of hydrogen-bond acceptors (Lipinski definition) is 4. The van der Waals surface area contributed by atoms with E-state index in [1.807, 2.05) is 12.1 Å². The van der Waals surface area contributed by atoms with Gasteiger partial charge < -0.3 is 0 Å². The second kappa shape index (κ2) is 6.69. The summed E-state index contributed by atoms with van der Waals surface area (Å²) in [4.78, 5) is 4.41. The molecule has 0 aliphatic carbocycles. The molecule has 0 radical (unpaired) electrons. The average Bonchev–Trinajstić information content (AvgIpc) is 3.13. The van der Waals surface area contributed by atoms with E-state index in [4.69, 9.17) is 16.9 Å². The quantitative estimate of drug-likeness (QED) is 0.671. The van der Waals surface area contributed by atoms with Gasteiger partial charge in [-0.05, 0) is 47.9 Å². The van der Waals surface area contributed by atoms with Crippen molar-refractivity contribution in [2.45, 2.75) is 11.3 Å². The minimum absolute atomic E-state index is 0.159. The maximum absolute atomic E-state index is 13.1. The van der Waals surface area contributed by atoms with Gasteiger partial charge in [-0.2, -0.15) is 5.26 Å². The molecule has 0 N–H and O–H groups in total. The minimum Gasteiger partial charge on any atom is -0.264 e. The Kier molecular flexibility index (Phi) is 4.34. The molecule has 0 unspecified atom stereocenters. The molecule has 0 fully saturated rings. The third kappa shape index (κ3) is 3.05. The van der Waals surface area contributed by atoms with Crippen molar-refractivity contribution >= 4 is 27.3 Å². The zero-order valence-corrected chi connectivity index (χ0v) is 15.7. The molecule has 0 amide bonds. The van der Waals surface area contributed by atoms with Crippen molar-refractivity contribution in [3.8, 4) is 17.2 Å². The Bertz CT molecular complexity index is 1170. The van der Waals surface area contributed by atoms with Crippen LogP contribution in [0.2, 0.25) is 5.02 Å². The van der Waals surface area contributed by atoms with Crippen LogP contribution in [0.1, 0.15) is 11.1 Å². The van der Waals surface area contributed by atoms with Gasteiger partial charge in [-0.15, -0.1) is 0 Å². The normalized spacial score (nSPS) is 13.3. The zero-order valence-electron chi connectivity index (χ0n) is 14.1. The lowest BCUT2D eigenvalue weighted by atomic mass is 9.99. The van der Waals surface area contributed by atoms with E-state index in [0.29, 0.717) is 29.2 Å². The van der Waals surface area contributed by atoms with Gasteiger partial charge in [0.2, 0.25) is 0 Å². The lowest BCUT2D eigenvalue weighted by Crippen LogP contribution is -2.29. The molecular weight excluding hydrogens is 382 g/mol. The maximum atomic E-state index is 13.1. The first-order valence-electron chi connectivity index (χ1n) is 8.26. The highest BCUT2D eigenvalue weighted by atomic mass is 35.5. The van der Waals surface area contributed by atoms with Crippen LogP contribution in [0.4, 0.5) is 5.69 Å². The largest absolute Gasteiger partial charge is 0.264 e. The summed E-state index contributed by atoms with van der Waals surface area (Å²) in [5.74, 6) is 0. The molecule has 0 atom stereocenters. The Morgan fingerprint density at radius 1 is 1.11 bits per heavy atom. The van der Waals surface area contributed by atoms with Gasteiger partial charge in [0, 0.05) is 23.3 Å². The van der Waals surface area contributed by atoms with Crippen molar-refractivity contribution in [1.29, 1.82) is 5.26 Å². The van der Waals surface area contributed by atoms with Crippen LogP contribution in [-0.4, -0.2) is 19.9 Å². The van der Waals surface area contributed by atoms with Crippen LogP contribution in [-0.2, 0) is 16.4 Å². The molecule has 1 aliphatic rings. The van der Waals surface area contributed by atoms with Crippen LogP contribution in [0.25, 0.3) is 11.1 Å². The molecular formula is C20H14ClN3O2S. The third-order valence-corrected chi connectivity index (χ3v) is 6.62. The van der Waals surface area contributed by atoms with E-state index in [-0.39, 0.29) is 4.90 Å². The van der Waals surface area contributed by atoms with Crippen LogP contribution in [0.5, 0.6) is 0 Å². The number of rotatable bonds is 3. The van der Waals surface area contributed by atoms with Crippen LogP contribution in [0, 0.1) is 11.3 Å². The van der Waals surface area contributed by atoms with Crippen molar-refractivity contribution in [2.75, 3.05) is 10.8 Å². The molecule has 0 spiro atoms. The molecule has 5 nitrogen and oxygen atoms in total. The number of sulfonamides is 1. The summed E-state index contributed by atoms with van der Waals surface area (Å²) in [6, 6.07) is 15.5. The summed E-state index contributed by atoms with van der Waals surface area (Å²) >= 11 is 5.97. The fraction of sp³-hybridized carbons (Fsp3) is 0.100. The molecule has 0 saturated heterocycles. The van der Waals surface area contributed by atoms with Crippen LogP contribution < -0.4 is 4.31 Å². The summed E-state index contributed by atoms with van der Waals surface area (Å²) in [5, 5.41) is 9.34. The smallest absolute Gasteiger partial charge is 0.264 e. The highest BCUT2D eigenvalue weighted by Crippen LogP contribution is 2.38. The van der Waals surface area contributed by atoms with E-state index >= 15 is 0 Å². The molecule has 3 aromatic rings. The third-order valence-electron chi connectivity index (χ3n) is 4.58. The molecule has 0 bridgehead atoms. The SMILES string of the molecule is N#Cc1ccc(-c2cncc3c2CCN3S(=O)(=O)c2cccc(Cl)c2)cc1. The van der Waals surface area contributed by atoms with Gasteiger partial charge in [-0.25, -0.2) is 8.42 Å². The second-order valence-electron chi connectivity index (χ2n) is 6.16. The lowest BCUT2D eigenvalue weighted by molar-refractivity contribution is 0.592. The minimum atomic E-state index is -3.72. The first-order chi connectivity index (χ1) is 13.0. The van der Waals surface area contributed by atoms with Gasteiger partial charge in [0.15, 0.2) is 0 Å². The highest BCUT2D eigenvalue weighted by molar-refractivity contribution is 7.92. The number of pyridine rings is 1. The van der Waals surface area contributed by atoms with Gasteiger partial charge >= 0.3 is 0 Å². The fourth-order valence-corrected chi connectivity index (χ4v) is 5.05. The number of anilines is 1. The van der Waals surface area contributed by atoms with Gasteiger partial charge in [0.25, 0.3) is 10.0 Å². The first kappa shape index (κ1) is 17.5. The van der Waals surface area contributed by atoms with Crippen molar-refractivity contribution in [3.63, 3.8) is 0 Å². The predicted octanol–water partition coefficient (Wildman–Crippen LogP) is 4.03. The lowest BCUT2D eigenvalue weighted by Gasteiger charge is -2.19. The Morgan fingerprint density at radius 2 is 1.89 bits per heavy atom. The molecule has 134 valence electrons. The Morgan fingerprint density at radius 3 is 2.59 bits per heavy atom. The molecule has 0 saturated carbocycles. The Labute approximate surface area is 162 Å². The number of benzene rings is 2. The number of hydrogen-bond donors (Lipinski definition) is 0. The van der Waals surface area contributed by atoms with E-state index < -0.39 is 10.0 Å². The summed E-state index contributed by atoms with van der Waals surface area (Å²) < 4.78 is 27.6. The summed E-state index contributed by atoms with van der Waals surface area (Å²) in [6.45, 7) is 0.346. The monoisotopic (exact) mass is 395 g/mol. The van der Waals surface area contributed by atoms with Crippen molar-refractivity contribution in [3.05, 3.63) is 77.1 Å². The van der Waals surface area contributed by atoms with E-state index in [2.05, 4.69) is 11.1 Å². The van der Waals surface area contributed by atoms with E-state index in [1.54, 1.807) is 36.7 Å². The number of nitrogens with zero attached hydrogens (tertiary/aromatic N) is 3. The standard InChI is InChI=1S/C20H14ClN3O2S/c21-16-2-1-3-17(10-16)27(25,26)24-9-8-18-19(12-23-13-20(18)24)15-6-4-14(11-22)5-7-15/h1-7,10,12-13H,8-9H2. The van der Waals surface area contributed by atoms with Crippen molar-refractivity contribution in [1.82, 2.24) is 4.98 Å². The van der Waals surface area contributed by atoms with E-state index in [9.17, 15) is 8.42 Å². The summed E-state index contributed by atoms with van der Waals surface area (Å²) in [5.41, 5.74) is 3.86. The van der Waals surface area contributed by atoms with Crippen LogP contribution in [0.3, 0.4) is 0 Å². The zero-order chi connectivity index (χ0) is 19.0. The molecule has 4 rings (SSSR count). The second-order valence-corrected chi connectivity index (χ2v) is 8.46. The number of halogens is 1. The maximum Gasteiger partial charge on any atom is 0.264 e. The Balaban J connectivity index is 1.78. The molecule has 2 aromatic carbocycles. The fourth-order valence-electron chi connectivity index (χ4n) is 3.27. The molecule has 1 aliphatic heterocycles. The summed E-state index contributed by atoms with van der Waals surface area (Å²) in [7, 11) is -3.72. The molecule has 1 aromatic heterocycles. The molecule has 27 heavy (non-hydrogen) atoms. The predicted molar refractivity (Wildman–Crippen MR) is 104 cm³/mol. The number of aromatic nitrogens is 1. The number of nitriles is 1. The van der Waals surface area contributed by atoms with E-state index in [0.717, 1.165) is 16.7 Å². The van der Waals surface area contributed by atoms with Crippen molar-refractivity contribution < 1.29 is 8.42 Å². The first-order valence-corrected chi connectivity index (χ1v) is 10.1. The van der Waals surface area contributed by atoms with Gasteiger partial charge in [-0.1, -0.05) is 29.8 Å². The molecule has 7 heteroatoms.